The highest BCUT2D eigenvalue weighted by atomic mass is 35.5. The summed E-state index contributed by atoms with van der Waals surface area (Å²) >= 11 is 5.97. The minimum absolute atomic E-state index is 0.458. The van der Waals surface area contributed by atoms with E-state index in [1.807, 2.05) is 12.1 Å². The second-order valence-electron chi connectivity index (χ2n) is 4.36. The van der Waals surface area contributed by atoms with Crippen LogP contribution in [0.2, 0.25) is 5.15 Å². The Morgan fingerprint density at radius 1 is 1.57 bits per heavy atom. The Bertz CT molecular complexity index is 334. The lowest BCUT2D eigenvalue weighted by Crippen LogP contribution is -2.25. The fourth-order valence-corrected chi connectivity index (χ4v) is 1.71. The topological polar surface area (TPSA) is 24.9 Å². The number of pyridine rings is 1. The van der Waals surface area contributed by atoms with Crippen LogP contribution >= 0.6 is 11.6 Å². The van der Waals surface area contributed by atoms with Crippen molar-refractivity contribution >= 4 is 17.3 Å². The summed E-state index contributed by atoms with van der Waals surface area (Å²) in [5.74, 6) is 0. The highest BCUT2D eigenvalue weighted by Crippen LogP contribution is 2.49. The quantitative estimate of drug-likeness (QED) is 0.775. The number of rotatable bonds is 3. The zero-order valence-corrected chi connectivity index (χ0v) is 9.30. The Labute approximate surface area is 89.7 Å². The van der Waals surface area contributed by atoms with Gasteiger partial charge in [0.1, 0.15) is 0 Å². The van der Waals surface area contributed by atoms with Gasteiger partial charge in [-0.3, -0.25) is 0 Å². The summed E-state index contributed by atoms with van der Waals surface area (Å²) in [7, 11) is 0. The van der Waals surface area contributed by atoms with Gasteiger partial charge in [-0.15, -0.1) is 0 Å². The van der Waals surface area contributed by atoms with Gasteiger partial charge in [-0.2, -0.15) is 0 Å². The lowest BCUT2D eigenvalue weighted by molar-refractivity contribution is 0.493. The fraction of sp³-hybridized carbons (Fsp3) is 0.545. The van der Waals surface area contributed by atoms with Crippen LogP contribution in [-0.2, 0) is 0 Å². The molecule has 0 radical (unpaired) electrons. The molecule has 1 aromatic rings. The third-order valence-corrected chi connectivity index (χ3v) is 3.52. The number of nitrogens with one attached hydrogen (secondary N) is 1. The van der Waals surface area contributed by atoms with Gasteiger partial charge in [-0.1, -0.05) is 18.5 Å². The first kappa shape index (κ1) is 9.78. The first-order chi connectivity index (χ1) is 6.62. The van der Waals surface area contributed by atoms with Gasteiger partial charge in [0.25, 0.3) is 0 Å². The van der Waals surface area contributed by atoms with E-state index in [-0.39, 0.29) is 0 Å². The second-order valence-corrected chi connectivity index (χ2v) is 4.72. The summed E-state index contributed by atoms with van der Waals surface area (Å²) in [4.78, 5) is 4.04. The lowest BCUT2D eigenvalue weighted by Gasteiger charge is -2.21. The Hall–Kier alpha value is -0.760. The largest absolute Gasteiger partial charge is 0.380 e. The van der Waals surface area contributed by atoms with Gasteiger partial charge in [0.15, 0.2) is 5.15 Å². The number of hydrogen-bond acceptors (Lipinski definition) is 2. The zero-order valence-electron chi connectivity index (χ0n) is 8.55. The molecule has 1 atom stereocenters. The van der Waals surface area contributed by atoms with Gasteiger partial charge < -0.3 is 5.32 Å². The molecule has 2 rings (SSSR count). The summed E-state index contributed by atoms with van der Waals surface area (Å²) in [5, 5.41) is 3.98. The number of nitrogens with zero attached hydrogens (tertiary/aromatic N) is 1. The first-order valence-corrected chi connectivity index (χ1v) is 5.37. The molecule has 76 valence electrons. The fourth-order valence-electron chi connectivity index (χ4n) is 1.53. The molecule has 3 heteroatoms. The molecule has 0 saturated heterocycles. The molecular weight excluding hydrogens is 196 g/mol. The smallest absolute Gasteiger partial charge is 0.152 e. The van der Waals surface area contributed by atoms with Crippen molar-refractivity contribution in [2.24, 2.45) is 5.41 Å². The molecule has 0 aliphatic heterocycles. The van der Waals surface area contributed by atoms with Crippen molar-refractivity contribution < 1.29 is 0 Å². The molecule has 14 heavy (non-hydrogen) atoms. The average Bonchev–Trinajstić information content (AvgIpc) is 2.89. The Morgan fingerprint density at radius 2 is 2.29 bits per heavy atom. The number of hydrogen-bond donors (Lipinski definition) is 1. The third-order valence-electron chi connectivity index (χ3n) is 3.22. The molecule has 2 nitrogen and oxygen atoms in total. The number of aromatic nitrogens is 1. The van der Waals surface area contributed by atoms with Gasteiger partial charge in [0.2, 0.25) is 0 Å². The van der Waals surface area contributed by atoms with Crippen molar-refractivity contribution in [2.45, 2.75) is 32.7 Å². The van der Waals surface area contributed by atoms with E-state index >= 15 is 0 Å². The molecule has 1 saturated carbocycles. The minimum Gasteiger partial charge on any atom is -0.380 e. The van der Waals surface area contributed by atoms with Crippen LogP contribution in [-0.4, -0.2) is 11.0 Å². The van der Waals surface area contributed by atoms with Gasteiger partial charge in [-0.25, -0.2) is 4.98 Å². The maximum absolute atomic E-state index is 5.97. The molecule has 1 aromatic heterocycles. The maximum atomic E-state index is 5.97. The average molecular weight is 211 g/mol. The predicted molar refractivity (Wildman–Crippen MR) is 59.7 cm³/mol. The highest BCUT2D eigenvalue weighted by molar-refractivity contribution is 6.31. The van der Waals surface area contributed by atoms with Crippen molar-refractivity contribution in [1.82, 2.24) is 4.98 Å². The Balaban J connectivity index is 2.07. The molecule has 1 aliphatic carbocycles. The van der Waals surface area contributed by atoms with Crippen LogP contribution in [0.15, 0.2) is 18.3 Å². The van der Waals surface area contributed by atoms with Crippen LogP contribution < -0.4 is 5.32 Å². The van der Waals surface area contributed by atoms with E-state index < -0.39 is 0 Å². The summed E-state index contributed by atoms with van der Waals surface area (Å²) in [5.41, 5.74) is 1.40. The summed E-state index contributed by atoms with van der Waals surface area (Å²) in [6.07, 6.45) is 4.31. The normalized spacial score (nSPS) is 20.2. The van der Waals surface area contributed by atoms with Crippen LogP contribution in [0, 0.1) is 5.41 Å². The van der Waals surface area contributed by atoms with Crippen molar-refractivity contribution in [3.8, 4) is 0 Å². The van der Waals surface area contributed by atoms with Crippen LogP contribution in [0.4, 0.5) is 5.69 Å². The maximum Gasteiger partial charge on any atom is 0.152 e. The number of anilines is 1. The lowest BCUT2D eigenvalue weighted by atomic mass is 10.0. The van der Waals surface area contributed by atoms with Crippen LogP contribution in [0.5, 0.6) is 0 Å². The van der Waals surface area contributed by atoms with Gasteiger partial charge >= 0.3 is 0 Å². The van der Waals surface area contributed by atoms with E-state index in [9.17, 15) is 0 Å². The van der Waals surface area contributed by atoms with Crippen molar-refractivity contribution in [1.29, 1.82) is 0 Å². The zero-order chi connectivity index (χ0) is 10.2. The molecule has 1 heterocycles. The van der Waals surface area contributed by atoms with Crippen LogP contribution in [0.25, 0.3) is 0 Å². The van der Waals surface area contributed by atoms with E-state index in [4.69, 9.17) is 11.6 Å². The van der Waals surface area contributed by atoms with Crippen molar-refractivity contribution in [2.75, 3.05) is 5.32 Å². The van der Waals surface area contributed by atoms with E-state index in [0.717, 1.165) is 5.69 Å². The van der Waals surface area contributed by atoms with E-state index in [1.165, 1.54) is 12.8 Å². The highest BCUT2D eigenvalue weighted by Gasteiger charge is 2.42. The van der Waals surface area contributed by atoms with Gasteiger partial charge in [-0.05, 0) is 37.3 Å². The molecule has 0 aromatic carbocycles. The van der Waals surface area contributed by atoms with E-state index in [0.29, 0.717) is 16.6 Å². The Morgan fingerprint density at radius 3 is 2.86 bits per heavy atom. The predicted octanol–water partition coefficient (Wildman–Crippen LogP) is 3.34. The van der Waals surface area contributed by atoms with E-state index in [1.54, 1.807) is 6.20 Å². The molecule has 1 N–H and O–H groups in total. The standard InChI is InChI=1S/C11H15ClN2/c1-8(11(2)5-6-11)14-9-4-3-7-13-10(9)12/h3-4,7-8,14H,5-6H2,1-2H3. The summed E-state index contributed by atoms with van der Waals surface area (Å²) in [6, 6.07) is 4.33. The molecule has 1 aliphatic rings. The first-order valence-electron chi connectivity index (χ1n) is 4.99. The van der Waals surface area contributed by atoms with Gasteiger partial charge in [0, 0.05) is 12.2 Å². The molecule has 1 fully saturated rings. The molecular formula is C11H15ClN2. The van der Waals surface area contributed by atoms with Crippen LogP contribution in [0.3, 0.4) is 0 Å². The van der Waals surface area contributed by atoms with Gasteiger partial charge in [0.05, 0.1) is 5.69 Å². The van der Waals surface area contributed by atoms with Crippen molar-refractivity contribution in [3.63, 3.8) is 0 Å². The van der Waals surface area contributed by atoms with Crippen LogP contribution in [0.1, 0.15) is 26.7 Å². The SMILES string of the molecule is CC(Nc1cccnc1Cl)C1(C)CC1. The molecule has 0 bridgehead atoms. The molecule has 0 amide bonds. The summed E-state index contributed by atoms with van der Waals surface area (Å²) < 4.78 is 0. The van der Waals surface area contributed by atoms with Crippen molar-refractivity contribution in [3.05, 3.63) is 23.5 Å². The minimum atomic E-state index is 0.458. The Kier molecular flexibility index (Phi) is 2.40. The second kappa shape index (κ2) is 3.43. The molecule has 0 spiro atoms. The van der Waals surface area contributed by atoms with E-state index in [2.05, 4.69) is 24.1 Å². The molecule has 1 unspecified atom stereocenters. The monoisotopic (exact) mass is 210 g/mol. The number of halogens is 1. The summed E-state index contributed by atoms with van der Waals surface area (Å²) in [6.45, 7) is 4.51. The third kappa shape index (κ3) is 1.85.